The summed E-state index contributed by atoms with van der Waals surface area (Å²) < 4.78 is 5.18. The van der Waals surface area contributed by atoms with Gasteiger partial charge in [0, 0.05) is 6.42 Å². The minimum absolute atomic E-state index is 0.0508. The molecule has 146 valence electrons. The highest BCUT2D eigenvalue weighted by Crippen LogP contribution is 2.15. The fourth-order valence-corrected chi connectivity index (χ4v) is 3.00. The molecule has 0 heterocycles. The van der Waals surface area contributed by atoms with E-state index in [2.05, 4.69) is 10.1 Å². The van der Waals surface area contributed by atoms with E-state index in [0.717, 1.165) is 11.8 Å². The van der Waals surface area contributed by atoms with Gasteiger partial charge in [-0.05, 0) is 38.5 Å². The second-order valence-corrected chi connectivity index (χ2v) is 7.25. The summed E-state index contributed by atoms with van der Waals surface area (Å²) in [6.07, 6.45) is 2.80. The van der Waals surface area contributed by atoms with E-state index in [4.69, 9.17) is 10.3 Å². The summed E-state index contributed by atoms with van der Waals surface area (Å²) in [5, 5.41) is 2.32. The Morgan fingerprint density at radius 2 is 1.93 bits per heavy atom. The number of amides is 1. The zero-order chi connectivity index (χ0) is 20.2. The Labute approximate surface area is 163 Å². The van der Waals surface area contributed by atoms with Crippen LogP contribution in [0.5, 0.6) is 0 Å². The number of esters is 1. The normalized spacial score (nSPS) is 12.6. The number of hydrogen-bond donors (Lipinski definition) is 1. The van der Waals surface area contributed by atoms with Crippen molar-refractivity contribution in [3.63, 3.8) is 0 Å². The molecule has 0 aromatic heterocycles. The predicted molar refractivity (Wildman–Crippen MR) is 105 cm³/mol. The van der Waals surface area contributed by atoms with Crippen molar-refractivity contribution in [2.75, 3.05) is 6.26 Å². The summed E-state index contributed by atoms with van der Waals surface area (Å²) >= 11 is 1.39. The Morgan fingerprint density at radius 1 is 1.26 bits per heavy atom. The Balaban J connectivity index is 2.80. The minimum Gasteiger partial charge on any atom is -0.461 e. The summed E-state index contributed by atoms with van der Waals surface area (Å²) in [4.78, 5) is 39.2. The van der Waals surface area contributed by atoms with Gasteiger partial charge in [-0.2, -0.15) is 16.6 Å². The molecule has 0 fully saturated rings. The SMILES string of the molecule is CS[C@@H](Cc1ccccc1)C(=O)N[C@@H](CCC(=O)C=[N+]=[N-])C(=O)OC(C)C. The lowest BCUT2D eigenvalue weighted by Crippen LogP contribution is -2.46. The third-order valence-corrected chi connectivity index (χ3v) is 4.62. The number of hydrogen-bond acceptors (Lipinski definition) is 5. The highest BCUT2D eigenvalue weighted by molar-refractivity contribution is 7.99. The summed E-state index contributed by atoms with van der Waals surface area (Å²) in [5.41, 5.74) is 9.42. The molecule has 0 saturated heterocycles. The predicted octanol–water partition coefficient (Wildman–Crippen LogP) is 2.05. The molecule has 1 rings (SSSR count). The number of carbonyl (C=O) groups is 3. The number of ether oxygens (including phenoxy) is 1. The molecule has 1 aromatic rings. The standard InChI is InChI=1S/C19H25N3O4S/c1-13(2)26-19(25)16(10-9-15(23)12-21-20)22-18(24)17(27-3)11-14-7-5-4-6-8-14/h4-8,12-13,16-17H,9-11H2,1-3H3,(H,22,24)/t16-,17-/m0/s1. The maximum absolute atomic E-state index is 12.7. The van der Waals surface area contributed by atoms with E-state index >= 15 is 0 Å². The van der Waals surface area contributed by atoms with Crippen LogP contribution in [0.3, 0.4) is 0 Å². The summed E-state index contributed by atoms with van der Waals surface area (Å²) in [5.74, 6) is -1.33. The van der Waals surface area contributed by atoms with Gasteiger partial charge >= 0.3 is 12.2 Å². The first-order chi connectivity index (χ1) is 12.9. The Hall–Kier alpha value is -2.44. The van der Waals surface area contributed by atoms with Crippen molar-refractivity contribution in [3.8, 4) is 0 Å². The monoisotopic (exact) mass is 391 g/mol. The first kappa shape index (κ1) is 22.6. The van der Waals surface area contributed by atoms with E-state index < -0.39 is 17.8 Å². The van der Waals surface area contributed by atoms with Gasteiger partial charge in [-0.25, -0.2) is 4.79 Å². The molecule has 0 saturated carbocycles. The maximum Gasteiger partial charge on any atom is 0.328 e. The van der Waals surface area contributed by atoms with Crippen molar-refractivity contribution in [1.29, 1.82) is 0 Å². The number of Topliss-reactive ketones (excluding diaryl/α,β-unsaturated/α-hetero) is 1. The molecule has 0 bridgehead atoms. The van der Waals surface area contributed by atoms with Crippen LogP contribution in [0.15, 0.2) is 30.3 Å². The van der Waals surface area contributed by atoms with Crippen LogP contribution in [0.2, 0.25) is 0 Å². The fraction of sp³-hybridized carbons (Fsp3) is 0.474. The van der Waals surface area contributed by atoms with E-state index in [1.807, 2.05) is 36.6 Å². The lowest BCUT2D eigenvalue weighted by molar-refractivity contribution is -0.151. The van der Waals surface area contributed by atoms with E-state index in [-0.39, 0.29) is 30.1 Å². The van der Waals surface area contributed by atoms with Crippen molar-refractivity contribution >= 4 is 35.6 Å². The van der Waals surface area contributed by atoms with Crippen molar-refractivity contribution in [1.82, 2.24) is 5.32 Å². The average Bonchev–Trinajstić information content (AvgIpc) is 2.63. The number of carbonyl (C=O) groups excluding carboxylic acids is 3. The molecule has 7 nitrogen and oxygen atoms in total. The van der Waals surface area contributed by atoms with Crippen LogP contribution in [0.1, 0.15) is 32.3 Å². The van der Waals surface area contributed by atoms with Crippen LogP contribution in [0.25, 0.3) is 5.53 Å². The van der Waals surface area contributed by atoms with Gasteiger partial charge in [0.15, 0.2) is 0 Å². The number of ketones is 1. The van der Waals surface area contributed by atoms with Gasteiger partial charge in [0.05, 0.1) is 11.4 Å². The lowest BCUT2D eigenvalue weighted by Gasteiger charge is -2.21. The topological polar surface area (TPSA) is 109 Å². The molecule has 0 aliphatic heterocycles. The largest absolute Gasteiger partial charge is 0.461 e. The summed E-state index contributed by atoms with van der Waals surface area (Å²) in [7, 11) is 0. The molecule has 1 amide bonds. The van der Waals surface area contributed by atoms with Crippen LogP contribution < -0.4 is 5.32 Å². The van der Waals surface area contributed by atoms with Gasteiger partial charge in [0.2, 0.25) is 11.7 Å². The van der Waals surface area contributed by atoms with Crippen molar-refractivity contribution in [2.45, 2.75) is 50.5 Å². The first-order valence-electron chi connectivity index (χ1n) is 8.65. The third-order valence-electron chi connectivity index (χ3n) is 3.67. The first-order valence-corrected chi connectivity index (χ1v) is 9.94. The number of nitrogens with zero attached hydrogens (tertiary/aromatic N) is 2. The molecule has 27 heavy (non-hydrogen) atoms. The molecule has 0 unspecified atom stereocenters. The molecule has 0 aliphatic rings. The van der Waals surface area contributed by atoms with E-state index in [9.17, 15) is 14.4 Å². The molecule has 1 N–H and O–H groups in total. The number of benzene rings is 1. The second-order valence-electron chi connectivity index (χ2n) is 6.21. The average molecular weight is 391 g/mol. The highest BCUT2D eigenvalue weighted by atomic mass is 32.2. The van der Waals surface area contributed by atoms with E-state index in [1.165, 1.54) is 11.8 Å². The Bertz CT molecular complexity index is 687. The van der Waals surface area contributed by atoms with Crippen LogP contribution in [-0.4, -0.2) is 52.3 Å². The molecule has 0 radical (unpaired) electrons. The van der Waals surface area contributed by atoms with Crippen LogP contribution in [-0.2, 0) is 25.5 Å². The summed E-state index contributed by atoms with van der Waals surface area (Å²) in [6.45, 7) is 3.42. The van der Waals surface area contributed by atoms with E-state index in [0.29, 0.717) is 6.42 Å². The van der Waals surface area contributed by atoms with Crippen molar-refractivity contribution < 1.29 is 23.9 Å². The van der Waals surface area contributed by atoms with E-state index in [1.54, 1.807) is 13.8 Å². The smallest absolute Gasteiger partial charge is 0.328 e. The Morgan fingerprint density at radius 3 is 2.48 bits per heavy atom. The van der Waals surface area contributed by atoms with Gasteiger partial charge in [0.1, 0.15) is 6.04 Å². The van der Waals surface area contributed by atoms with Gasteiger partial charge in [-0.3, -0.25) is 9.59 Å². The molecule has 8 heteroatoms. The van der Waals surface area contributed by atoms with Crippen molar-refractivity contribution in [2.24, 2.45) is 0 Å². The molecular formula is C19H25N3O4S. The number of thioether (sulfide) groups is 1. The van der Waals surface area contributed by atoms with Gasteiger partial charge in [-0.1, -0.05) is 30.3 Å². The molecule has 0 aliphatic carbocycles. The Kier molecular flexibility index (Phi) is 10.1. The highest BCUT2D eigenvalue weighted by Gasteiger charge is 2.27. The quantitative estimate of drug-likeness (QED) is 0.269. The molecular weight excluding hydrogens is 366 g/mol. The van der Waals surface area contributed by atoms with Gasteiger partial charge < -0.3 is 15.6 Å². The second kappa shape index (κ2) is 12.0. The number of rotatable bonds is 11. The van der Waals surface area contributed by atoms with Crippen molar-refractivity contribution in [3.05, 3.63) is 41.4 Å². The van der Waals surface area contributed by atoms with Crippen LogP contribution >= 0.6 is 11.8 Å². The molecule has 0 spiro atoms. The molecule has 2 atom stereocenters. The van der Waals surface area contributed by atoms with Crippen LogP contribution in [0, 0.1) is 0 Å². The fourth-order valence-electron chi connectivity index (χ4n) is 2.35. The van der Waals surface area contributed by atoms with Gasteiger partial charge in [0.25, 0.3) is 0 Å². The lowest BCUT2D eigenvalue weighted by atomic mass is 10.1. The third kappa shape index (κ3) is 8.66. The number of nitrogens with one attached hydrogen (secondary N) is 1. The maximum atomic E-state index is 12.7. The van der Waals surface area contributed by atoms with Gasteiger partial charge in [-0.15, -0.1) is 0 Å². The molecule has 1 aromatic carbocycles. The zero-order valence-electron chi connectivity index (χ0n) is 15.8. The minimum atomic E-state index is -0.943. The summed E-state index contributed by atoms with van der Waals surface area (Å²) in [6, 6.07) is 8.65. The zero-order valence-corrected chi connectivity index (χ0v) is 16.6. The van der Waals surface area contributed by atoms with Crippen LogP contribution in [0.4, 0.5) is 0 Å².